The van der Waals surface area contributed by atoms with Crippen LogP contribution in [0.2, 0.25) is 0 Å². The molecule has 1 aromatic rings. The van der Waals surface area contributed by atoms with Crippen LogP contribution < -0.4 is 4.74 Å². The van der Waals surface area contributed by atoms with Crippen molar-refractivity contribution in [3.05, 3.63) is 28.8 Å². The van der Waals surface area contributed by atoms with Gasteiger partial charge in [-0.1, -0.05) is 40.2 Å². The number of hydrogen-bond donors (Lipinski definition) is 0. The van der Waals surface area contributed by atoms with Crippen LogP contribution in [-0.4, -0.2) is 19.0 Å². The van der Waals surface area contributed by atoms with Crippen molar-refractivity contribution in [1.29, 1.82) is 0 Å². The Morgan fingerprint density at radius 3 is 2.48 bits per heavy atom. The van der Waals surface area contributed by atoms with Crippen molar-refractivity contribution in [3.8, 4) is 5.75 Å². The average molecular weight is 373 g/mol. The van der Waals surface area contributed by atoms with Crippen LogP contribution in [0.25, 0.3) is 0 Å². The highest BCUT2D eigenvalue weighted by atomic mass is 16.5. The predicted molar refractivity (Wildman–Crippen MR) is 105 cm³/mol. The molecule has 0 aromatic heterocycles. The number of fused-ring (bicyclic) bond motifs is 3. The van der Waals surface area contributed by atoms with Crippen molar-refractivity contribution >= 4 is 11.9 Å². The van der Waals surface area contributed by atoms with E-state index in [1.165, 1.54) is 19.6 Å². The molecule has 4 nitrogen and oxygen atoms in total. The summed E-state index contributed by atoms with van der Waals surface area (Å²) in [5, 5.41) is 0. The van der Waals surface area contributed by atoms with Crippen LogP contribution in [0.4, 0.5) is 0 Å². The molecular formula is C23H32O4. The molecule has 0 aliphatic heterocycles. The summed E-state index contributed by atoms with van der Waals surface area (Å²) in [4.78, 5) is 24.9. The maximum Gasteiger partial charge on any atom is 0.316 e. The van der Waals surface area contributed by atoms with Gasteiger partial charge >= 0.3 is 11.9 Å². The minimum atomic E-state index is -0.644. The number of benzene rings is 1. The van der Waals surface area contributed by atoms with Crippen molar-refractivity contribution in [2.24, 2.45) is 11.3 Å². The molecule has 0 radical (unpaired) electrons. The molecule has 0 bridgehead atoms. The van der Waals surface area contributed by atoms with Crippen LogP contribution in [0.3, 0.4) is 0 Å². The molecule has 2 aliphatic carbocycles. The van der Waals surface area contributed by atoms with Gasteiger partial charge in [0.2, 0.25) is 0 Å². The number of aryl methyl sites for hydroxylation is 1. The van der Waals surface area contributed by atoms with Gasteiger partial charge in [-0.25, -0.2) is 0 Å². The standard InChI is InChI=1S/C23H32O4/c1-14(2)17-12-16-8-9-20-22(4,5)10-7-11-23(20,21(25)26-6)18(16)13-19(17)27-15(3)24/h12-14,20H,7-11H2,1-6H3/t20-,23-/m0/s1. The minimum absolute atomic E-state index is 0.0719. The van der Waals surface area contributed by atoms with Gasteiger partial charge in [0.15, 0.2) is 0 Å². The second-order valence-electron chi connectivity index (χ2n) is 9.19. The third-order valence-corrected chi connectivity index (χ3v) is 6.77. The van der Waals surface area contributed by atoms with Crippen LogP contribution >= 0.6 is 0 Å². The molecular weight excluding hydrogens is 340 g/mol. The highest BCUT2D eigenvalue weighted by Crippen LogP contribution is 2.58. The minimum Gasteiger partial charge on any atom is -0.468 e. The quantitative estimate of drug-likeness (QED) is 0.558. The van der Waals surface area contributed by atoms with Crippen LogP contribution in [-0.2, 0) is 26.2 Å². The van der Waals surface area contributed by atoms with E-state index in [4.69, 9.17) is 9.47 Å². The van der Waals surface area contributed by atoms with E-state index in [0.29, 0.717) is 5.75 Å². The maximum atomic E-state index is 13.2. The first-order valence-electron chi connectivity index (χ1n) is 10.1. The first-order valence-corrected chi connectivity index (χ1v) is 10.1. The number of esters is 2. The van der Waals surface area contributed by atoms with Gasteiger partial charge in [0.1, 0.15) is 5.75 Å². The highest BCUT2D eigenvalue weighted by molar-refractivity contribution is 5.85. The fourth-order valence-electron chi connectivity index (χ4n) is 5.59. The molecule has 0 N–H and O–H groups in total. The van der Waals surface area contributed by atoms with E-state index in [1.807, 2.05) is 6.07 Å². The molecule has 0 unspecified atom stereocenters. The lowest BCUT2D eigenvalue weighted by Gasteiger charge is -2.54. The van der Waals surface area contributed by atoms with Crippen LogP contribution in [0.1, 0.15) is 82.9 Å². The van der Waals surface area contributed by atoms with Crippen molar-refractivity contribution in [3.63, 3.8) is 0 Å². The lowest BCUT2D eigenvalue weighted by Crippen LogP contribution is -2.54. The molecule has 2 atom stereocenters. The van der Waals surface area contributed by atoms with E-state index in [1.54, 1.807) is 0 Å². The summed E-state index contributed by atoms with van der Waals surface area (Å²) < 4.78 is 10.9. The molecule has 3 rings (SSSR count). The van der Waals surface area contributed by atoms with Crippen molar-refractivity contribution < 1.29 is 19.1 Å². The summed E-state index contributed by atoms with van der Waals surface area (Å²) in [7, 11) is 1.49. The lowest BCUT2D eigenvalue weighted by atomic mass is 9.49. The summed E-state index contributed by atoms with van der Waals surface area (Å²) in [6, 6.07) is 4.12. The van der Waals surface area contributed by atoms with Gasteiger partial charge in [-0.15, -0.1) is 0 Å². The Balaban J connectivity index is 2.25. The van der Waals surface area contributed by atoms with Gasteiger partial charge < -0.3 is 9.47 Å². The van der Waals surface area contributed by atoms with Crippen LogP contribution in [0, 0.1) is 11.3 Å². The van der Waals surface area contributed by atoms with E-state index in [0.717, 1.165) is 43.2 Å². The second kappa shape index (κ2) is 6.96. The normalized spacial score (nSPS) is 26.1. The highest BCUT2D eigenvalue weighted by Gasteiger charge is 2.57. The maximum absolute atomic E-state index is 13.2. The summed E-state index contributed by atoms with van der Waals surface area (Å²) in [6.45, 7) is 10.2. The first kappa shape index (κ1) is 19.9. The van der Waals surface area contributed by atoms with Gasteiger partial charge in [0, 0.05) is 6.92 Å². The van der Waals surface area contributed by atoms with Crippen molar-refractivity contribution in [2.75, 3.05) is 7.11 Å². The molecule has 2 aliphatic rings. The van der Waals surface area contributed by atoms with E-state index >= 15 is 0 Å². The first-order chi connectivity index (χ1) is 12.6. The monoisotopic (exact) mass is 372 g/mol. The zero-order valence-corrected chi connectivity index (χ0v) is 17.5. The fraction of sp³-hybridized carbons (Fsp3) is 0.652. The van der Waals surface area contributed by atoms with E-state index in [2.05, 4.69) is 33.8 Å². The number of methoxy groups -OCH3 is 1. The number of carbonyl (C=O) groups excluding carboxylic acids is 2. The van der Waals surface area contributed by atoms with Crippen molar-refractivity contribution in [2.45, 2.75) is 78.1 Å². The molecule has 0 spiro atoms. The number of hydrogen-bond acceptors (Lipinski definition) is 4. The Labute approximate surface area is 162 Å². The summed E-state index contributed by atoms with van der Waals surface area (Å²) in [5.41, 5.74) is 2.67. The molecule has 0 amide bonds. The SMILES string of the molecule is COC(=O)[C@]12CCCC(C)(C)[C@@H]1CCc1cc(C(C)C)c(OC(C)=O)cc12. The Bertz CT molecular complexity index is 762. The third kappa shape index (κ3) is 3.17. The zero-order chi connectivity index (χ0) is 20.0. The Morgan fingerprint density at radius 2 is 1.89 bits per heavy atom. The summed E-state index contributed by atoms with van der Waals surface area (Å²) in [6.07, 6.45) is 4.84. The topological polar surface area (TPSA) is 52.6 Å². The Kier molecular flexibility index (Phi) is 5.13. The lowest BCUT2D eigenvalue weighted by molar-refractivity contribution is -0.156. The predicted octanol–water partition coefficient (Wildman–Crippen LogP) is 4.92. The molecule has 4 heteroatoms. The van der Waals surface area contributed by atoms with Crippen molar-refractivity contribution in [1.82, 2.24) is 0 Å². The summed E-state index contributed by atoms with van der Waals surface area (Å²) >= 11 is 0. The van der Waals surface area contributed by atoms with Gasteiger partial charge in [-0.3, -0.25) is 9.59 Å². The molecule has 0 heterocycles. The van der Waals surface area contributed by atoms with Gasteiger partial charge in [-0.2, -0.15) is 0 Å². The van der Waals surface area contributed by atoms with Crippen LogP contribution in [0.5, 0.6) is 5.75 Å². The Hall–Kier alpha value is -1.84. The average Bonchev–Trinajstić information content (AvgIpc) is 2.59. The smallest absolute Gasteiger partial charge is 0.316 e. The van der Waals surface area contributed by atoms with Crippen LogP contribution in [0.15, 0.2) is 12.1 Å². The molecule has 1 aromatic carbocycles. The zero-order valence-electron chi connectivity index (χ0n) is 17.5. The fourth-order valence-corrected chi connectivity index (χ4v) is 5.59. The number of ether oxygens (including phenoxy) is 2. The van der Waals surface area contributed by atoms with E-state index in [-0.39, 0.29) is 29.2 Å². The second-order valence-corrected chi connectivity index (χ2v) is 9.19. The molecule has 1 saturated carbocycles. The van der Waals surface area contributed by atoms with Gasteiger partial charge in [0.25, 0.3) is 0 Å². The van der Waals surface area contributed by atoms with Gasteiger partial charge in [-0.05, 0) is 65.7 Å². The molecule has 0 saturated heterocycles. The Morgan fingerprint density at radius 1 is 1.19 bits per heavy atom. The van der Waals surface area contributed by atoms with E-state index in [9.17, 15) is 9.59 Å². The third-order valence-electron chi connectivity index (χ3n) is 6.77. The largest absolute Gasteiger partial charge is 0.468 e. The number of rotatable bonds is 3. The number of carbonyl (C=O) groups is 2. The summed E-state index contributed by atoms with van der Waals surface area (Å²) in [5.74, 6) is 0.573. The molecule has 1 fully saturated rings. The molecule has 148 valence electrons. The van der Waals surface area contributed by atoms with E-state index < -0.39 is 5.41 Å². The molecule has 27 heavy (non-hydrogen) atoms. The van der Waals surface area contributed by atoms with Gasteiger partial charge in [0.05, 0.1) is 12.5 Å².